The fourth-order valence-electron chi connectivity index (χ4n) is 0.919. The second-order valence-corrected chi connectivity index (χ2v) is 2.08. The summed E-state index contributed by atoms with van der Waals surface area (Å²) in [6, 6.07) is 9.82. The predicted molar refractivity (Wildman–Crippen MR) is 39.4 cm³/mol. The molecule has 0 atom stereocenters. The summed E-state index contributed by atoms with van der Waals surface area (Å²) in [5, 5.41) is 2.18. The molecule has 0 fully saturated rings. The van der Waals surface area contributed by atoms with Crippen molar-refractivity contribution < 1.29 is 0 Å². The first-order chi connectivity index (χ1) is 4.97. The van der Waals surface area contributed by atoms with Crippen molar-refractivity contribution in [2.24, 2.45) is 0 Å². The Bertz CT molecular complexity index is 276. The molecule has 0 N–H and O–H groups in total. The van der Waals surface area contributed by atoms with Crippen LogP contribution in [0.15, 0.2) is 30.3 Å². The lowest BCUT2D eigenvalue weighted by Crippen LogP contribution is -1.73. The number of nitrogens with zero attached hydrogens (tertiary/aromatic N) is 1. The van der Waals surface area contributed by atoms with Crippen LogP contribution < -0.4 is 0 Å². The molecule has 1 aromatic heterocycles. The van der Waals surface area contributed by atoms with Gasteiger partial charge in [-0.3, -0.25) is 0 Å². The fraction of sp³-hybridized carbons (Fsp3) is 0. The highest BCUT2D eigenvalue weighted by Crippen LogP contribution is 2.08. The van der Waals surface area contributed by atoms with Gasteiger partial charge in [-0.2, -0.15) is 0 Å². The van der Waals surface area contributed by atoms with Gasteiger partial charge in [-0.1, -0.05) is 24.3 Å². The van der Waals surface area contributed by atoms with E-state index in [1.807, 2.05) is 30.3 Å². The van der Waals surface area contributed by atoms with E-state index < -0.39 is 0 Å². The van der Waals surface area contributed by atoms with E-state index in [4.69, 9.17) is 0 Å². The monoisotopic (exact) mass is 127 g/mol. The van der Waals surface area contributed by atoms with Gasteiger partial charge in [0.2, 0.25) is 0 Å². The molecule has 0 bridgehead atoms. The normalized spacial score (nSPS) is 10.0. The van der Waals surface area contributed by atoms with Gasteiger partial charge in [-0.05, 0) is 11.5 Å². The molecule has 1 nitrogen and oxygen atoms in total. The lowest BCUT2D eigenvalue weighted by atomic mass is 10.2. The minimum absolute atomic E-state index is 1.04. The largest absolute Gasteiger partial charge is 0.244 e. The molecule has 0 saturated heterocycles. The van der Waals surface area contributed by atoms with Crippen molar-refractivity contribution in [2.45, 2.75) is 0 Å². The Hall–Kier alpha value is -1.37. The van der Waals surface area contributed by atoms with Crippen LogP contribution >= 0.6 is 0 Å². The Morgan fingerprint density at radius 1 is 1.20 bits per heavy atom. The minimum Gasteiger partial charge on any atom is -0.244 e. The van der Waals surface area contributed by atoms with Crippen LogP contribution in [0.4, 0.5) is 0 Å². The first-order valence-electron chi connectivity index (χ1n) is 3.10. The van der Waals surface area contributed by atoms with E-state index in [-0.39, 0.29) is 0 Å². The van der Waals surface area contributed by atoms with E-state index >= 15 is 0 Å². The zero-order valence-corrected chi connectivity index (χ0v) is 5.33. The Morgan fingerprint density at radius 3 is 3.00 bits per heavy atom. The quantitative estimate of drug-likeness (QED) is 0.526. The molecule has 2 aromatic rings. The molecule has 0 aliphatic carbocycles. The highest BCUT2D eigenvalue weighted by atomic mass is 14.6. The molecule has 0 spiro atoms. The average Bonchev–Trinajstić information content (AvgIpc) is 2.05. The molecule has 0 aliphatic heterocycles. The van der Waals surface area contributed by atoms with Crippen LogP contribution in [0.25, 0.3) is 10.8 Å². The highest BCUT2D eigenvalue weighted by molar-refractivity contribution is 5.80. The molecule has 46 valence electrons. The van der Waals surface area contributed by atoms with E-state index in [1.165, 1.54) is 0 Å². The fourth-order valence-corrected chi connectivity index (χ4v) is 0.919. The molecule has 2 rings (SSSR count). The maximum atomic E-state index is 3.76. The average molecular weight is 127 g/mol. The number of hydrogen-bond donors (Lipinski definition) is 0. The van der Waals surface area contributed by atoms with Gasteiger partial charge >= 0.3 is 0 Å². The summed E-state index contributed by atoms with van der Waals surface area (Å²) in [5.74, 6) is 0. The maximum Gasteiger partial charge on any atom is 0.0979 e. The molecule has 0 amide bonds. The first-order valence-corrected chi connectivity index (χ1v) is 3.10. The van der Waals surface area contributed by atoms with Crippen LogP contribution in [-0.4, -0.2) is 4.98 Å². The van der Waals surface area contributed by atoms with Gasteiger partial charge in [0.05, 0.1) is 12.4 Å². The van der Waals surface area contributed by atoms with E-state index in [2.05, 4.69) is 17.4 Å². The van der Waals surface area contributed by atoms with Crippen molar-refractivity contribution in [3.8, 4) is 0 Å². The number of rotatable bonds is 0. The Labute approximate surface area is 59.3 Å². The van der Waals surface area contributed by atoms with Crippen molar-refractivity contribution in [3.05, 3.63) is 42.7 Å². The molecule has 1 aromatic carbocycles. The van der Waals surface area contributed by atoms with Gasteiger partial charge in [0, 0.05) is 5.39 Å². The number of hydrogen-bond acceptors (Lipinski definition) is 1. The highest BCUT2D eigenvalue weighted by Gasteiger charge is 1.87. The van der Waals surface area contributed by atoms with Gasteiger partial charge < -0.3 is 0 Å². The van der Waals surface area contributed by atoms with Crippen molar-refractivity contribution in [1.82, 2.24) is 4.98 Å². The standard InChI is InChI=1S/C9H5N/c1-2-4-9-7-10-6-5-8(9)3-1/h1-5H. The minimum atomic E-state index is 1.04. The number of benzene rings is 1. The molecule has 1 heteroatoms. The maximum absolute atomic E-state index is 3.76. The smallest absolute Gasteiger partial charge is 0.0979 e. The van der Waals surface area contributed by atoms with Gasteiger partial charge in [-0.15, -0.1) is 0 Å². The molecule has 0 unspecified atom stereocenters. The summed E-state index contributed by atoms with van der Waals surface area (Å²) < 4.78 is 0. The van der Waals surface area contributed by atoms with Gasteiger partial charge in [-0.25, -0.2) is 4.98 Å². The van der Waals surface area contributed by atoms with Gasteiger partial charge in [0.25, 0.3) is 0 Å². The second-order valence-electron chi connectivity index (χ2n) is 2.08. The Kier molecular flexibility index (Phi) is 1.14. The zero-order valence-electron chi connectivity index (χ0n) is 5.33. The summed E-state index contributed by atoms with van der Waals surface area (Å²) in [7, 11) is 0. The molecular weight excluding hydrogens is 122 g/mol. The number of pyridine rings is 1. The summed E-state index contributed by atoms with van der Waals surface area (Å²) in [6.07, 6.45) is 5.58. The van der Waals surface area contributed by atoms with Crippen LogP contribution in [-0.2, 0) is 0 Å². The lowest BCUT2D eigenvalue weighted by molar-refractivity contribution is 1.33. The van der Waals surface area contributed by atoms with Crippen LogP contribution in [0.3, 0.4) is 0 Å². The SMILES string of the molecule is [c]1cc2ccccc2[c]n1. The summed E-state index contributed by atoms with van der Waals surface area (Å²) >= 11 is 0. The summed E-state index contributed by atoms with van der Waals surface area (Å²) in [5.41, 5.74) is 0. The Morgan fingerprint density at radius 2 is 2.10 bits per heavy atom. The second kappa shape index (κ2) is 2.10. The molecule has 2 radical (unpaired) electrons. The third-order valence-electron chi connectivity index (χ3n) is 1.42. The molecular formula is C9H5N. The number of fused-ring (bicyclic) bond motifs is 1. The summed E-state index contributed by atoms with van der Waals surface area (Å²) in [6.45, 7) is 0. The third-order valence-corrected chi connectivity index (χ3v) is 1.42. The molecule has 10 heavy (non-hydrogen) atoms. The van der Waals surface area contributed by atoms with Crippen molar-refractivity contribution >= 4 is 10.8 Å². The third kappa shape index (κ3) is 0.760. The zero-order chi connectivity index (χ0) is 6.81. The van der Waals surface area contributed by atoms with Gasteiger partial charge in [0.1, 0.15) is 0 Å². The van der Waals surface area contributed by atoms with E-state index in [0.29, 0.717) is 0 Å². The van der Waals surface area contributed by atoms with Crippen molar-refractivity contribution in [1.29, 1.82) is 0 Å². The van der Waals surface area contributed by atoms with E-state index in [0.717, 1.165) is 10.8 Å². The lowest BCUT2D eigenvalue weighted by Gasteiger charge is -1.90. The molecule has 1 heterocycles. The summed E-state index contributed by atoms with van der Waals surface area (Å²) in [4.78, 5) is 3.76. The Balaban J connectivity index is 2.89. The van der Waals surface area contributed by atoms with E-state index in [9.17, 15) is 0 Å². The number of aromatic nitrogens is 1. The molecule has 0 saturated carbocycles. The topological polar surface area (TPSA) is 12.9 Å². The van der Waals surface area contributed by atoms with Crippen LogP contribution in [0.1, 0.15) is 0 Å². The first kappa shape index (κ1) is 5.42. The van der Waals surface area contributed by atoms with Crippen molar-refractivity contribution in [2.75, 3.05) is 0 Å². The van der Waals surface area contributed by atoms with E-state index in [1.54, 1.807) is 0 Å². The molecule has 0 aliphatic rings. The van der Waals surface area contributed by atoms with Crippen LogP contribution in [0.2, 0.25) is 0 Å². The van der Waals surface area contributed by atoms with Crippen LogP contribution in [0.5, 0.6) is 0 Å². The van der Waals surface area contributed by atoms with Gasteiger partial charge in [0.15, 0.2) is 0 Å². The predicted octanol–water partition coefficient (Wildman–Crippen LogP) is 1.84. The van der Waals surface area contributed by atoms with Crippen LogP contribution in [0, 0.1) is 12.4 Å². The van der Waals surface area contributed by atoms with Crippen molar-refractivity contribution in [3.63, 3.8) is 0 Å².